The SMILES string of the molecule is CCNC(=NCC(c1ccco1)N1CCCC1)NCCCSC. The van der Waals surface area contributed by atoms with Crippen molar-refractivity contribution in [3.05, 3.63) is 24.2 Å². The maximum Gasteiger partial charge on any atom is 0.191 e. The molecule has 0 radical (unpaired) electrons. The number of furan rings is 1. The number of nitrogens with one attached hydrogen (secondary N) is 2. The van der Waals surface area contributed by atoms with Crippen molar-refractivity contribution in [1.82, 2.24) is 15.5 Å². The number of thioether (sulfide) groups is 1. The van der Waals surface area contributed by atoms with E-state index in [2.05, 4.69) is 34.8 Å². The normalized spacial score (nSPS) is 17.4. The summed E-state index contributed by atoms with van der Waals surface area (Å²) in [6, 6.07) is 4.28. The van der Waals surface area contributed by atoms with Crippen LogP contribution in [0, 0.1) is 0 Å². The van der Waals surface area contributed by atoms with E-state index in [0.29, 0.717) is 0 Å². The van der Waals surface area contributed by atoms with Crippen LogP contribution in [-0.4, -0.2) is 55.6 Å². The molecule has 2 N–H and O–H groups in total. The number of hydrogen-bond donors (Lipinski definition) is 2. The highest BCUT2D eigenvalue weighted by Crippen LogP contribution is 2.25. The van der Waals surface area contributed by atoms with Crippen LogP contribution in [0.4, 0.5) is 0 Å². The highest BCUT2D eigenvalue weighted by Gasteiger charge is 2.25. The maximum atomic E-state index is 5.66. The molecule has 1 atom stereocenters. The van der Waals surface area contributed by atoms with Crippen molar-refractivity contribution in [3.8, 4) is 0 Å². The fourth-order valence-corrected chi connectivity index (χ4v) is 3.30. The molecular weight excluding hydrogens is 308 g/mol. The van der Waals surface area contributed by atoms with Gasteiger partial charge in [0.1, 0.15) is 5.76 Å². The summed E-state index contributed by atoms with van der Waals surface area (Å²) in [6.07, 6.45) is 7.60. The predicted octanol–water partition coefficient (Wildman–Crippen LogP) is 2.72. The van der Waals surface area contributed by atoms with Crippen LogP contribution in [0.3, 0.4) is 0 Å². The van der Waals surface area contributed by atoms with Gasteiger partial charge in [-0.2, -0.15) is 11.8 Å². The van der Waals surface area contributed by atoms with Crippen molar-refractivity contribution in [2.24, 2.45) is 4.99 Å². The molecule has 1 unspecified atom stereocenters. The first kappa shape index (κ1) is 18.2. The molecule has 2 heterocycles. The third-order valence-corrected chi connectivity index (χ3v) is 4.73. The Balaban J connectivity index is 1.95. The van der Waals surface area contributed by atoms with Gasteiger partial charge in [-0.1, -0.05) is 0 Å². The zero-order valence-corrected chi connectivity index (χ0v) is 15.2. The van der Waals surface area contributed by atoms with E-state index in [1.165, 1.54) is 18.6 Å². The molecule has 1 aromatic heterocycles. The fraction of sp³-hybridized carbons (Fsp3) is 0.706. The molecule has 0 aliphatic carbocycles. The van der Waals surface area contributed by atoms with E-state index >= 15 is 0 Å². The van der Waals surface area contributed by atoms with Gasteiger partial charge in [-0.25, -0.2) is 0 Å². The second-order valence-electron chi connectivity index (χ2n) is 5.77. The molecule has 1 fully saturated rings. The van der Waals surface area contributed by atoms with Crippen LogP contribution < -0.4 is 10.6 Å². The third-order valence-electron chi connectivity index (χ3n) is 4.04. The molecule has 1 aliphatic heterocycles. The Labute approximate surface area is 144 Å². The Morgan fingerprint density at radius 3 is 2.87 bits per heavy atom. The summed E-state index contributed by atoms with van der Waals surface area (Å²) < 4.78 is 5.66. The van der Waals surface area contributed by atoms with Crippen LogP contribution in [-0.2, 0) is 0 Å². The minimum Gasteiger partial charge on any atom is -0.468 e. The highest BCUT2D eigenvalue weighted by atomic mass is 32.2. The van der Waals surface area contributed by atoms with E-state index in [1.54, 1.807) is 6.26 Å². The number of guanidine groups is 1. The molecule has 6 heteroatoms. The lowest BCUT2D eigenvalue weighted by atomic mass is 10.2. The molecule has 1 saturated heterocycles. The topological polar surface area (TPSA) is 52.8 Å². The van der Waals surface area contributed by atoms with Crippen LogP contribution >= 0.6 is 11.8 Å². The van der Waals surface area contributed by atoms with Gasteiger partial charge in [0.15, 0.2) is 5.96 Å². The van der Waals surface area contributed by atoms with E-state index < -0.39 is 0 Å². The van der Waals surface area contributed by atoms with Gasteiger partial charge in [0.2, 0.25) is 0 Å². The smallest absolute Gasteiger partial charge is 0.191 e. The van der Waals surface area contributed by atoms with Crippen LogP contribution in [0.5, 0.6) is 0 Å². The average molecular weight is 339 g/mol. The van der Waals surface area contributed by atoms with Crippen LogP contribution in [0.1, 0.15) is 38.0 Å². The van der Waals surface area contributed by atoms with E-state index in [4.69, 9.17) is 9.41 Å². The van der Waals surface area contributed by atoms with Gasteiger partial charge in [0.05, 0.1) is 18.8 Å². The van der Waals surface area contributed by atoms with Gasteiger partial charge in [-0.05, 0) is 63.4 Å². The second kappa shape index (κ2) is 10.6. The summed E-state index contributed by atoms with van der Waals surface area (Å²) in [5.74, 6) is 3.10. The van der Waals surface area contributed by atoms with E-state index in [9.17, 15) is 0 Å². The highest BCUT2D eigenvalue weighted by molar-refractivity contribution is 7.98. The lowest BCUT2D eigenvalue weighted by molar-refractivity contribution is 0.221. The molecule has 0 bridgehead atoms. The molecule has 0 aromatic carbocycles. The Bertz CT molecular complexity index is 443. The van der Waals surface area contributed by atoms with Crippen LogP contribution in [0.2, 0.25) is 0 Å². The largest absolute Gasteiger partial charge is 0.468 e. The van der Waals surface area contributed by atoms with E-state index in [1.807, 2.05) is 17.8 Å². The van der Waals surface area contributed by atoms with Gasteiger partial charge in [-0.3, -0.25) is 9.89 Å². The Hall–Kier alpha value is -1.14. The van der Waals surface area contributed by atoms with Crippen molar-refractivity contribution in [3.63, 3.8) is 0 Å². The number of rotatable bonds is 9. The monoisotopic (exact) mass is 338 g/mol. The minimum absolute atomic E-state index is 0.245. The first-order valence-corrected chi connectivity index (χ1v) is 10.0. The average Bonchev–Trinajstić information content (AvgIpc) is 3.25. The Morgan fingerprint density at radius 2 is 2.22 bits per heavy atom. The van der Waals surface area contributed by atoms with Crippen molar-refractivity contribution in [2.75, 3.05) is 44.7 Å². The summed E-state index contributed by atoms with van der Waals surface area (Å²) in [4.78, 5) is 7.28. The van der Waals surface area contributed by atoms with Crippen molar-refractivity contribution in [2.45, 2.75) is 32.2 Å². The molecule has 0 spiro atoms. The lowest BCUT2D eigenvalue weighted by Crippen LogP contribution is -2.39. The molecular formula is C17H30N4OS. The van der Waals surface area contributed by atoms with E-state index in [0.717, 1.165) is 50.9 Å². The van der Waals surface area contributed by atoms with Crippen LogP contribution in [0.25, 0.3) is 0 Å². The minimum atomic E-state index is 0.245. The molecule has 2 rings (SSSR count). The van der Waals surface area contributed by atoms with Crippen molar-refractivity contribution >= 4 is 17.7 Å². The molecule has 23 heavy (non-hydrogen) atoms. The summed E-state index contributed by atoms with van der Waals surface area (Å²) >= 11 is 1.88. The molecule has 1 aliphatic rings. The molecule has 1 aromatic rings. The predicted molar refractivity (Wildman–Crippen MR) is 99.2 cm³/mol. The molecule has 0 saturated carbocycles. The van der Waals surface area contributed by atoms with Gasteiger partial charge in [0, 0.05) is 13.1 Å². The van der Waals surface area contributed by atoms with Gasteiger partial charge >= 0.3 is 0 Å². The molecule has 0 amide bonds. The quantitative estimate of drug-likeness (QED) is 0.412. The Morgan fingerprint density at radius 1 is 1.39 bits per heavy atom. The number of likely N-dealkylation sites (tertiary alicyclic amines) is 1. The first-order valence-electron chi connectivity index (χ1n) is 8.63. The van der Waals surface area contributed by atoms with Gasteiger partial charge in [-0.15, -0.1) is 0 Å². The molecule has 130 valence electrons. The number of nitrogens with zero attached hydrogens (tertiary/aromatic N) is 2. The standard InChI is InChI=1S/C17H30N4OS/c1-3-18-17(19-9-7-13-23-2)20-14-15(16-8-6-12-22-16)21-10-4-5-11-21/h6,8,12,15H,3-5,7,9-11,13-14H2,1-2H3,(H2,18,19,20). The molecule has 5 nitrogen and oxygen atoms in total. The zero-order valence-electron chi connectivity index (χ0n) is 14.4. The summed E-state index contributed by atoms with van der Waals surface area (Å²) in [6.45, 7) is 6.94. The van der Waals surface area contributed by atoms with Gasteiger partial charge < -0.3 is 15.1 Å². The lowest BCUT2D eigenvalue weighted by Gasteiger charge is -2.24. The van der Waals surface area contributed by atoms with E-state index in [-0.39, 0.29) is 6.04 Å². The maximum absolute atomic E-state index is 5.66. The first-order chi connectivity index (χ1) is 11.3. The van der Waals surface area contributed by atoms with Gasteiger partial charge in [0.25, 0.3) is 0 Å². The number of aliphatic imine (C=N–C) groups is 1. The summed E-state index contributed by atoms with van der Waals surface area (Å²) in [5, 5.41) is 6.76. The third kappa shape index (κ3) is 6.11. The van der Waals surface area contributed by atoms with Crippen LogP contribution in [0.15, 0.2) is 27.8 Å². The number of hydrogen-bond acceptors (Lipinski definition) is 4. The summed E-state index contributed by atoms with van der Waals surface area (Å²) in [5.41, 5.74) is 0. The second-order valence-corrected chi connectivity index (χ2v) is 6.75. The van der Waals surface area contributed by atoms with Crippen molar-refractivity contribution < 1.29 is 4.42 Å². The summed E-state index contributed by atoms with van der Waals surface area (Å²) in [7, 11) is 0. The Kier molecular flexibility index (Phi) is 8.39. The fourth-order valence-electron chi connectivity index (χ4n) is 2.86. The zero-order chi connectivity index (χ0) is 16.3. The van der Waals surface area contributed by atoms with Crippen molar-refractivity contribution in [1.29, 1.82) is 0 Å².